The highest BCUT2D eigenvalue weighted by atomic mass is 32.3. The Morgan fingerprint density at radius 1 is 0.625 bits per heavy atom. The maximum atomic E-state index is 12.7. The average molecular weight is 645 g/mol. The number of carbonyl (C=O) groups excluding carboxylic acids is 1. The summed E-state index contributed by atoms with van der Waals surface area (Å²) in [7, 11) is 0. The fraction of sp³-hybridized carbons (Fsp3) is 0.278. The lowest BCUT2D eigenvalue weighted by Gasteiger charge is -2.08. The summed E-state index contributed by atoms with van der Waals surface area (Å²) in [6, 6.07) is 0. The molecule has 0 aromatic rings. The quantitative estimate of drug-likeness (QED) is 0.273. The first kappa shape index (κ1) is 24.4. The Balaban J connectivity index is 0.999. The Bertz CT molecular complexity index is 1030. The zero-order valence-electron chi connectivity index (χ0n) is 15.9. The van der Waals surface area contributed by atoms with Gasteiger partial charge in [0.25, 0.3) is 0 Å². The van der Waals surface area contributed by atoms with Crippen molar-refractivity contribution >= 4 is 147 Å². The lowest BCUT2D eigenvalue weighted by molar-refractivity contribution is -0.136. The number of esters is 1. The molecule has 0 atom stereocenters. The topological polar surface area (TPSA) is 26.3 Å². The second-order valence-corrected chi connectivity index (χ2v) is 20.7. The molecule has 0 saturated heterocycles. The summed E-state index contributed by atoms with van der Waals surface area (Å²) in [6.07, 6.45) is 0. The van der Waals surface area contributed by atoms with Crippen molar-refractivity contribution in [2.45, 2.75) is 0 Å². The maximum absolute atomic E-state index is 12.7. The molecular formula is C18H12O2S12. The van der Waals surface area contributed by atoms with Crippen LogP contribution in [0.15, 0.2) is 54.5 Å². The van der Waals surface area contributed by atoms with Gasteiger partial charge in [0.2, 0.25) is 0 Å². The van der Waals surface area contributed by atoms with Crippen LogP contribution in [0.25, 0.3) is 0 Å². The van der Waals surface area contributed by atoms with Gasteiger partial charge in [0.1, 0.15) is 11.5 Å². The van der Waals surface area contributed by atoms with Gasteiger partial charge in [0.05, 0.1) is 33.9 Å². The molecule has 0 unspecified atom stereocenters. The van der Waals surface area contributed by atoms with E-state index in [-0.39, 0.29) is 5.97 Å². The molecular weight excluding hydrogens is 633 g/mol. The van der Waals surface area contributed by atoms with Gasteiger partial charge >= 0.3 is 5.97 Å². The second kappa shape index (κ2) is 11.2. The average Bonchev–Trinajstić information content (AvgIpc) is 3.60. The summed E-state index contributed by atoms with van der Waals surface area (Å²) >= 11 is 22.2. The molecule has 0 radical (unpaired) electrons. The van der Waals surface area contributed by atoms with Crippen molar-refractivity contribution in [2.75, 3.05) is 29.6 Å². The van der Waals surface area contributed by atoms with E-state index in [0.29, 0.717) is 11.5 Å². The van der Waals surface area contributed by atoms with Crippen molar-refractivity contribution in [1.29, 1.82) is 0 Å². The van der Waals surface area contributed by atoms with E-state index in [1.807, 2.05) is 99.5 Å². The normalized spacial score (nSPS) is 25.5. The summed E-state index contributed by atoms with van der Waals surface area (Å²) in [5.74, 6) is 4.58. The van der Waals surface area contributed by atoms with Crippen LogP contribution in [0.1, 0.15) is 0 Å². The molecule has 168 valence electrons. The highest BCUT2D eigenvalue weighted by Crippen LogP contribution is 2.65. The zero-order valence-corrected chi connectivity index (χ0v) is 25.7. The van der Waals surface area contributed by atoms with Gasteiger partial charge in [-0.3, -0.25) is 0 Å². The largest absolute Gasteiger partial charge is 0.456 e. The first-order valence-corrected chi connectivity index (χ1v) is 19.8. The third kappa shape index (κ3) is 5.51. The first-order chi connectivity index (χ1) is 15.7. The van der Waals surface area contributed by atoms with Crippen LogP contribution in [0, 0.1) is 0 Å². The maximum Gasteiger partial charge on any atom is 0.345 e. The van der Waals surface area contributed by atoms with Crippen molar-refractivity contribution in [3.05, 3.63) is 54.5 Å². The molecule has 0 fully saturated rings. The van der Waals surface area contributed by atoms with Crippen LogP contribution < -0.4 is 0 Å². The molecule has 0 aromatic heterocycles. The van der Waals surface area contributed by atoms with E-state index in [1.54, 1.807) is 47.0 Å². The molecule has 14 heteroatoms. The van der Waals surface area contributed by atoms with Gasteiger partial charge in [0.15, 0.2) is 0 Å². The predicted octanol–water partition coefficient (Wildman–Crippen LogP) is 9.60. The minimum absolute atomic E-state index is 0.213. The molecule has 0 amide bonds. The lowest BCUT2D eigenvalue weighted by atomic mass is 10.6. The third-order valence-electron chi connectivity index (χ3n) is 4.05. The van der Waals surface area contributed by atoms with Crippen molar-refractivity contribution in [2.24, 2.45) is 0 Å². The lowest BCUT2D eigenvalue weighted by Crippen LogP contribution is -2.06. The molecule has 0 saturated carbocycles. The van der Waals surface area contributed by atoms with E-state index in [9.17, 15) is 4.79 Å². The SMILES string of the molecule is O=C(OCC1=CSC(=C2SC3=C(SCCS3)S2)S1)C1=CSC(=C2SC3=C(SCCS3)S2)S1. The summed E-state index contributed by atoms with van der Waals surface area (Å²) in [4.78, 5) is 14.5. The molecule has 6 aliphatic rings. The fourth-order valence-corrected chi connectivity index (χ4v) is 19.6. The van der Waals surface area contributed by atoms with Crippen LogP contribution in [0.2, 0.25) is 0 Å². The van der Waals surface area contributed by atoms with E-state index < -0.39 is 0 Å². The molecule has 0 N–H and O–H groups in total. The molecule has 0 spiro atoms. The van der Waals surface area contributed by atoms with E-state index in [2.05, 4.69) is 5.41 Å². The predicted molar refractivity (Wildman–Crippen MR) is 166 cm³/mol. The zero-order chi connectivity index (χ0) is 21.5. The minimum Gasteiger partial charge on any atom is -0.456 e. The van der Waals surface area contributed by atoms with Gasteiger partial charge in [-0.25, -0.2) is 4.79 Å². The Hall–Kier alpha value is 2.11. The Morgan fingerprint density at radius 3 is 1.69 bits per heavy atom. The number of ether oxygens (including phenoxy) is 1. The minimum atomic E-state index is -0.213. The molecule has 6 rings (SSSR count). The molecule has 6 aliphatic heterocycles. The third-order valence-corrected chi connectivity index (χ3v) is 21.4. The van der Waals surface area contributed by atoms with E-state index in [4.69, 9.17) is 4.74 Å². The van der Waals surface area contributed by atoms with Gasteiger partial charge < -0.3 is 4.74 Å². The number of rotatable bonds is 3. The summed E-state index contributed by atoms with van der Waals surface area (Å²) < 4.78 is 16.7. The molecule has 2 nitrogen and oxygen atoms in total. The molecule has 6 heterocycles. The van der Waals surface area contributed by atoms with Gasteiger partial charge in [-0.1, -0.05) is 94.1 Å². The van der Waals surface area contributed by atoms with Crippen LogP contribution in [0.5, 0.6) is 0 Å². The van der Waals surface area contributed by atoms with Crippen molar-refractivity contribution < 1.29 is 9.53 Å². The van der Waals surface area contributed by atoms with Crippen LogP contribution in [0.4, 0.5) is 0 Å². The van der Waals surface area contributed by atoms with Gasteiger partial charge in [-0.05, 0) is 10.8 Å². The number of carbonyl (C=O) groups is 1. The van der Waals surface area contributed by atoms with Crippen LogP contribution in [0.3, 0.4) is 0 Å². The van der Waals surface area contributed by atoms with Crippen molar-refractivity contribution in [3.63, 3.8) is 0 Å². The Kier molecular flexibility index (Phi) is 8.59. The van der Waals surface area contributed by atoms with Gasteiger partial charge in [-0.15, -0.1) is 47.0 Å². The van der Waals surface area contributed by atoms with Crippen LogP contribution in [-0.2, 0) is 9.53 Å². The first-order valence-electron chi connectivity index (χ1n) is 9.18. The summed E-state index contributed by atoms with van der Waals surface area (Å²) in [5.41, 5.74) is 0. The molecule has 0 bridgehead atoms. The fourth-order valence-electron chi connectivity index (χ4n) is 2.68. The highest BCUT2D eigenvalue weighted by Gasteiger charge is 2.32. The van der Waals surface area contributed by atoms with E-state index in [1.165, 1.54) is 56.9 Å². The smallest absolute Gasteiger partial charge is 0.345 e. The van der Waals surface area contributed by atoms with E-state index >= 15 is 0 Å². The Labute approximate surface area is 238 Å². The standard InChI is InChI=1S/C18H12O2S12/c19-10(9-7-26-16(28-9)18-31-13-14(32-18)24-4-3-23-13)20-5-8-6-25-15(27-8)17-29-11-12(30-17)22-2-1-21-11/h6-7H,1-5H2. The Morgan fingerprint density at radius 2 is 1.12 bits per heavy atom. The van der Waals surface area contributed by atoms with E-state index in [0.717, 1.165) is 4.91 Å². The summed E-state index contributed by atoms with van der Waals surface area (Å²) in [6.45, 7) is 0.348. The molecule has 0 aromatic carbocycles. The second-order valence-electron chi connectivity index (χ2n) is 6.18. The van der Waals surface area contributed by atoms with Gasteiger partial charge in [-0.2, -0.15) is 0 Å². The number of hydrogen-bond donors (Lipinski definition) is 0. The van der Waals surface area contributed by atoms with Crippen molar-refractivity contribution in [3.8, 4) is 0 Å². The van der Waals surface area contributed by atoms with Gasteiger partial charge in [0, 0.05) is 27.9 Å². The molecule has 32 heavy (non-hydrogen) atoms. The summed E-state index contributed by atoms with van der Waals surface area (Å²) in [5, 5.41) is 4.08. The number of hydrogen-bond acceptors (Lipinski definition) is 14. The number of thioether (sulfide) groups is 12. The van der Waals surface area contributed by atoms with Crippen LogP contribution >= 0.6 is 141 Å². The monoisotopic (exact) mass is 644 g/mol. The van der Waals surface area contributed by atoms with Crippen molar-refractivity contribution in [1.82, 2.24) is 0 Å². The highest BCUT2D eigenvalue weighted by molar-refractivity contribution is 8.44. The van der Waals surface area contributed by atoms with Crippen LogP contribution in [-0.4, -0.2) is 35.6 Å². The molecule has 0 aliphatic carbocycles.